The van der Waals surface area contributed by atoms with Crippen LogP contribution in [0.3, 0.4) is 0 Å². The topological polar surface area (TPSA) is 55.2 Å². The third-order valence-corrected chi connectivity index (χ3v) is 2.28. The first-order valence-corrected chi connectivity index (χ1v) is 5.51. The molecule has 0 atom stereocenters. The van der Waals surface area contributed by atoms with Crippen molar-refractivity contribution in [2.24, 2.45) is 0 Å². The van der Waals surface area contributed by atoms with Gasteiger partial charge in [0, 0.05) is 13.1 Å². The van der Waals surface area contributed by atoms with E-state index in [-0.39, 0.29) is 16.4 Å². The van der Waals surface area contributed by atoms with Crippen molar-refractivity contribution in [2.45, 2.75) is 6.92 Å². The van der Waals surface area contributed by atoms with Crippen LogP contribution in [0.2, 0.25) is 5.02 Å². The van der Waals surface area contributed by atoms with Gasteiger partial charge >= 0.3 is 0 Å². The lowest BCUT2D eigenvalue weighted by atomic mass is 10.2. The van der Waals surface area contributed by atoms with Gasteiger partial charge in [0.15, 0.2) is 11.5 Å². The van der Waals surface area contributed by atoms with Crippen LogP contribution in [0.5, 0.6) is 0 Å². The Morgan fingerprint density at radius 2 is 2.06 bits per heavy atom. The molecule has 0 aliphatic rings. The van der Waals surface area contributed by atoms with Crippen molar-refractivity contribution < 1.29 is 9.31 Å². The Bertz CT molecular complexity index is 402. The van der Waals surface area contributed by atoms with Crippen molar-refractivity contribution in [3.05, 3.63) is 32.6 Å². The molecule has 0 aromatic heterocycles. The van der Waals surface area contributed by atoms with E-state index in [2.05, 4.69) is 17.9 Å². The summed E-state index contributed by atoms with van der Waals surface area (Å²) in [6.45, 7) is 1.51. The molecule has 0 amide bonds. The molecule has 16 heavy (non-hydrogen) atoms. The largest absolute Gasteiger partial charge is 0.380 e. The molecular formula is C9H12ClFN2O2S. The molecule has 4 nitrogen and oxygen atoms in total. The smallest absolute Gasteiger partial charge is 0.295 e. The minimum Gasteiger partial charge on any atom is -0.380 e. The average Bonchev–Trinajstić information content (AvgIpc) is 2.28. The van der Waals surface area contributed by atoms with Crippen molar-refractivity contribution in [1.29, 1.82) is 0 Å². The number of hydrogen-bond acceptors (Lipinski definition) is 4. The quantitative estimate of drug-likeness (QED) is 0.491. The Balaban J connectivity index is 0.00000106. The molecule has 1 N–H and O–H groups in total. The van der Waals surface area contributed by atoms with Crippen molar-refractivity contribution >= 4 is 35.6 Å². The first-order valence-electron chi connectivity index (χ1n) is 4.24. The first kappa shape index (κ1) is 15.0. The minimum atomic E-state index is -0.791. The van der Waals surface area contributed by atoms with Gasteiger partial charge < -0.3 is 5.32 Å². The van der Waals surface area contributed by atoms with Crippen LogP contribution in [0.25, 0.3) is 0 Å². The monoisotopic (exact) mass is 266 g/mol. The molecule has 0 unspecified atom stereocenters. The number of nitro groups is 1. The molecule has 0 heterocycles. The van der Waals surface area contributed by atoms with Gasteiger partial charge in [-0.3, -0.25) is 10.1 Å². The normalized spacial score (nSPS) is 9.12. The summed E-state index contributed by atoms with van der Waals surface area (Å²) < 4.78 is 13.4. The molecule has 90 valence electrons. The highest BCUT2D eigenvalue weighted by Gasteiger charge is 2.21. The van der Waals surface area contributed by atoms with Crippen LogP contribution >= 0.6 is 24.2 Å². The zero-order chi connectivity index (χ0) is 12.9. The van der Waals surface area contributed by atoms with Gasteiger partial charge in [-0.2, -0.15) is 12.6 Å². The second kappa shape index (κ2) is 6.55. The molecule has 1 rings (SSSR count). The summed E-state index contributed by atoms with van der Waals surface area (Å²) in [5.41, 5.74) is -0.160. The van der Waals surface area contributed by atoms with Crippen LogP contribution in [0.4, 0.5) is 15.8 Å². The van der Waals surface area contributed by atoms with E-state index < -0.39 is 10.7 Å². The van der Waals surface area contributed by atoms with E-state index in [4.69, 9.17) is 11.6 Å². The molecule has 0 aliphatic heterocycles. The molecule has 0 fully saturated rings. The van der Waals surface area contributed by atoms with Gasteiger partial charge in [-0.15, -0.1) is 0 Å². The Kier molecular flexibility index (Phi) is 6.13. The standard InChI is InChI=1S/C8H8ClFN2O2.CH4S/c1-4-3-5(12(13)14)8(11-2)7(10)6(4)9;1-2/h3,11H,1-2H3;2H,1H3. The lowest BCUT2D eigenvalue weighted by Crippen LogP contribution is -2.01. The number of aryl methyl sites for hydroxylation is 1. The zero-order valence-corrected chi connectivity index (χ0v) is 10.7. The molecule has 0 saturated heterocycles. The highest BCUT2D eigenvalue weighted by molar-refractivity contribution is 7.79. The molecular weight excluding hydrogens is 255 g/mol. The SMILES string of the molecule is CNc1c([N+](=O)[O-])cc(C)c(Cl)c1F.CS. The van der Waals surface area contributed by atoms with Crippen LogP contribution in [0, 0.1) is 22.9 Å². The van der Waals surface area contributed by atoms with Crippen molar-refractivity contribution in [3.8, 4) is 0 Å². The average molecular weight is 267 g/mol. The Labute approximate surface area is 103 Å². The molecule has 0 spiro atoms. The van der Waals surface area contributed by atoms with E-state index in [0.29, 0.717) is 5.56 Å². The molecule has 0 bridgehead atoms. The number of nitrogens with one attached hydrogen (secondary N) is 1. The number of benzene rings is 1. The fraction of sp³-hybridized carbons (Fsp3) is 0.333. The number of halogens is 2. The Morgan fingerprint density at radius 3 is 2.44 bits per heavy atom. The molecule has 7 heteroatoms. The van der Waals surface area contributed by atoms with E-state index in [0.717, 1.165) is 0 Å². The molecule has 1 aromatic carbocycles. The summed E-state index contributed by atoms with van der Waals surface area (Å²) in [4.78, 5) is 9.90. The van der Waals surface area contributed by atoms with Crippen LogP contribution in [-0.2, 0) is 0 Å². The van der Waals surface area contributed by atoms with Gasteiger partial charge in [-0.1, -0.05) is 11.6 Å². The maximum absolute atomic E-state index is 13.4. The highest BCUT2D eigenvalue weighted by atomic mass is 35.5. The molecule has 0 aliphatic carbocycles. The Morgan fingerprint density at radius 1 is 1.56 bits per heavy atom. The summed E-state index contributed by atoms with van der Waals surface area (Å²) in [5.74, 6) is -0.791. The van der Waals surface area contributed by atoms with Crippen LogP contribution in [0.1, 0.15) is 5.56 Å². The highest BCUT2D eigenvalue weighted by Crippen LogP contribution is 2.34. The van der Waals surface area contributed by atoms with E-state index in [1.165, 1.54) is 20.0 Å². The van der Waals surface area contributed by atoms with Crippen LogP contribution < -0.4 is 5.32 Å². The number of anilines is 1. The van der Waals surface area contributed by atoms with E-state index in [1.54, 1.807) is 6.26 Å². The second-order valence-electron chi connectivity index (χ2n) is 2.72. The van der Waals surface area contributed by atoms with Gasteiger partial charge in [-0.05, 0) is 18.7 Å². The second-order valence-corrected chi connectivity index (χ2v) is 3.10. The lowest BCUT2D eigenvalue weighted by molar-refractivity contribution is -0.384. The number of nitro benzene ring substituents is 1. The third-order valence-electron chi connectivity index (χ3n) is 1.81. The fourth-order valence-corrected chi connectivity index (χ4v) is 1.27. The summed E-state index contributed by atoms with van der Waals surface area (Å²) in [7, 11) is 1.40. The number of rotatable bonds is 2. The van der Waals surface area contributed by atoms with E-state index in [1.807, 2.05) is 0 Å². The summed E-state index contributed by atoms with van der Waals surface area (Å²) >= 11 is 9.13. The van der Waals surface area contributed by atoms with Gasteiger partial charge in [0.1, 0.15) is 0 Å². The minimum absolute atomic E-state index is 0.0973. The maximum atomic E-state index is 13.4. The van der Waals surface area contributed by atoms with Gasteiger partial charge in [0.25, 0.3) is 5.69 Å². The van der Waals surface area contributed by atoms with Gasteiger partial charge in [0.05, 0.1) is 9.95 Å². The summed E-state index contributed by atoms with van der Waals surface area (Å²) in [5, 5.41) is 12.9. The lowest BCUT2D eigenvalue weighted by Gasteiger charge is -2.06. The first-order chi connectivity index (χ1) is 7.49. The van der Waals surface area contributed by atoms with Crippen molar-refractivity contribution in [3.63, 3.8) is 0 Å². The number of hydrogen-bond donors (Lipinski definition) is 2. The van der Waals surface area contributed by atoms with Gasteiger partial charge in [0.2, 0.25) is 0 Å². The Hall–Kier alpha value is -1.01. The van der Waals surface area contributed by atoms with Crippen LogP contribution in [0.15, 0.2) is 6.07 Å². The number of thiol groups is 1. The van der Waals surface area contributed by atoms with Crippen molar-refractivity contribution in [1.82, 2.24) is 0 Å². The van der Waals surface area contributed by atoms with E-state index >= 15 is 0 Å². The zero-order valence-electron chi connectivity index (χ0n) is 9.04. The third kappa shape index (κ3) is 2.99. The summed E-state index contributed by atoms with van der Waals surface area (Å²) in [6.07, 6.45) is 1.69. The maximum Gasteiger partial charge on any atom is 0.295 e. The predicted octanol–water partition coefficient (Wildman–Crippen LogP) is 3.28. The molecule has 1 aromatic rings. The predicted molar refractivity (Wildman–Crippen MR) is 67.3 cm³/mol. The molecule has 0 saturated carbocycles. The number of nitrogens with zero attached hydrogens (tertiary/aromatic N) is 1. The van der Waals surface area contributed by atoms with E-state index in [9.17, 15) is 14.5 Å². The van der Waals surface area contributed by atoms with Crippen LogP contribution in [-0.4, -0.2) is 18.2 Å². The fourth-order valence-electron chi connectivity index (χ4n) is 1.12. The van der Waals surface area contributed by atoms with Gasteiger partial charge in [-0.25, -0.2) is 4.39 Å². The van der Waals surface area contributed by atoms with Crippen molar-refractivity contribution in [2.75, 3.05) is 18.6 Å². The summed E-state index contributed by atoms with van der Waals surface area (Å²) in [6, 6.07) is 1.23. The molecule has 0 radical (unpaired) electrons.